The lowest BCUT2D eigenvalue weighted by Crippen LogP contribution is -2.52. The minimum absolute atomic E-state index is 0.181. The first-order valence-corrected chi connectivity index (χ1v) is 15.2. The number of terminal acetylenes is 1. The molecule has 0 bridgehead atoms. The number of hydrogen-bond donors (Lipinski definition) is 1. The molecule has 218 valence electrons. The highest BCUT2D eigenvalue weighted by Crippen LogP contribution is 2.27. The highest BCUT2D eigenvalue weighted by Gasteiger charge is 2.28. The van der Waals surface area contributed by atoms with Crippen LogP contribution < -0.4 is 5.73 Å². The molecule has 1 fully saturated rings. The van der Waals surface area contributed by atoms with Crippen LogP contribution in [0.25, 0.3) is 11.0 Å². The molecule has 2 N–H and O–H groups in total. The molecule has 2 aromatic heterocycles. The van der Waals surface area contributed by atoms with Crippen molar-refractivity contribution in [1.29, 1.82) is 0 Å². The fourth-order valence-electron chi connectivity index (χ4n) is 4.63. The van der Waals surface area contributed by atoms with Crippen molar-refractivity contribution in [1.82, 2.24) is 24.8 Å². The summed E-state index contributed by atoms with van der Waals surface area (Å²) in [7, 11) is 1.83. The summed E-state index contributed by atoms with van der Waals surface area (Å²) in [6.07, 6.45) is 9.82. The zero-order valence-electron chi connectivity index (χ0n) is 25.2. The van der Waals surface area contributed by atoms with E-state index in [1.54, 1.807) is 23.1 Å². The van der Waals surface area contributed by atoms with Crippen LogP contribution in [0.2, 0.25) is 0 Å². The Morgan fingerprint density at radius 3 is 2.12 bits per heavy atom. The van der Waals surface area contributed by atoms with Crippen molar-refractivity contribution in [2.45, 2.75) is 73.3 Å². The van der Waals surface area contributed by atoms with Gasteiger partial charge in [-0.1, -0.05) is 45.7 Å². The summed E-state index contributed by atoms with van der Waals surface area (Å²) in [6, 6.07) is 10.0. The summed E-state index contributed by atoms with van der Waals surface area (Å²) >= 11 is 1.65. The second-order valence-corrected chi connectivity index (χ2v) is 10.8. The monoisotopic (exact) mass is 565 g/mol. The van der Waals surface area contributed by atoms with E-state index in [0.717, 1.165) is 92.3 Å². The largest absolute Gasteiger partial charge is 0.390 e. The SMILES string of the molecule is C#CC.CCCC[C@H](CC)C(=O)N1CCN(C(=NC)c2cc(CC)sc2N)CC1.CCn1nc2ccccc2n1. The molecular weight excluding hydrogens is 518 g/mol. The Morgan fingerprint density at radius 1 is 1.10 bits per heavy atom. The van der Waals surface area contributed by atoms with E-state index in [2.05, 4.69) is 59.3 Å². The molecule has 3 aromatic rings. The van der Waals surface area contributed by atoms with E-state index in [9.17, 15) is 4.79 Å². The number of carbonyl (C=O) groups is 1. The van der Waals surface area contributed by atoms with Gasteiger partial charge in [-0.05, 0) is 51.3 Å². The number of thiophene rings is 1. The Labute approximate surface area is 244 Å². The first-order chi connectivity index (χ1) is 19.4. The van der Waals surface area contributed by atoms with Crippen molar-refractivity contribution in [2.24, 2.45) is 10.9 Å². The summed E-state index contributed by atoms with van der Waals surface area (Å²) in [5, 5.41) is 9.31. The third-order valence-electron chi connectivity index (χ3n) is 6.86. The van der Waals surface area contributed by atoms with Crippen LogP contribution in [0.1, 0.15) is 70.7 Å². The number of aryl methyl sites for hydroxylation is 2. The molecule has 9 heteroatoms. The van der Waals surface area contributed by atoms with Crippen molar-refractivity contribution < 1.29 is 4.79 Å². The van der Waals surface area contributed by atoms with Crippen molar-refractivity contribution in [3.63, 3.8) is 0 Å². The second-order valence-electron chi connectivity index (χ2n) is 9.62. The number of unbranched alkanes of at least 4 members (excludes halogenated alkanes) is 1. The van der Waals surface area contributed by atoms with Gasteiger partial charge in [-0.2, -0.15) is 15.0 Å². The fourth-order valence-corrected chi connectivity index (χ4v) is 5.50. The van der Waals surface area contributed by atoms with Crippen LogP contribution in [0.3, 0.4) is 0 Å². The van der Waals surface area contributed by atoms with Crippen LogP contribution in [-0.2, 0) is 17.8 Å². The third kappa shape index (κ3) is 9.09. The number of piperazine rings is 1. The number of carbonyl (C=O) groups excluding carboxylic acids is 1. The van der Waals surface area contributed by atoms with Crippen LogP contribution in [-0.4, -0.2) is 69.8 Å². The van der Waals surface area contributed by atoms with E-state index in [0.29, 0.717) is 5.91 Å². The number of nitrogen functional groups attached to an aromatic ring is 1. The topological polar surface area (TPSA) is 92.6 Å². The third-order valence-corrected chi connectivity index (χ3v) is 7.97. The second kappa shape index (κ2) is 17.3. The maximum Gasteiger partial charge on any atom is 0.225 e. The summed E-state index contributed by atoms with van der Waals surface area (Å²) in [5.41, 5.74) is 9.21. The van der Waals surface area contributed by atoms with Crippen molar-refractivity contribution >= 4 is 39.1 Å². The Balaban J connectivity index is 0.000000328. The molecule has 1 saturated heterocycles. The Hall–Kier alpha value is -3.38. The van der Waals surface area contributed by atoms with Gasteiger partial charge in [0.1, 0.15) is 16.9 Å². The number of hydrogen-bond acceptors (Lipinski definition) is 6. The standard InChI is InChI=1S/C20H34N4OS.C8H9N3.C3H4/c1-5-8-9-15(6-2)20(25)24-12-10-23(11-13-24)19(22-4)17-14-16(7-3)26-18(17)21;1-2-11-9-7-5-3-4-6-8(7)10-11;1-3-2/h14-15H,5-13,21H2,1-4H3;3-6H,2H2,1H3;1H,2H3/t15-;;/m0../s1. The smallest absolute Gasteiger partial charge is 0.225 e. The highest BCUT2D eigenvalue weighted by molar-refractivity contribution is 7.16. The molecule has 1 aliphatic rings. The molecule has 0 unspecified atom stereocenters. The van der Waals surface area contributed by atoms with Gasteiger partial charge < -0.3 is 15.5 Å². The first-order valence-electron chi connectivity index (χ1n) is 14.4. The van der Waals surface area contributed by atoms with Gasteiger partial charge in [0, 0.05) is 44.0 Å². The molecule has 4 rings (SSSR count). The van der Waals surface area contributed by atoms with Gasteiger partial charge in [0.25, 0.3) is 0 Å². The summed E-state index contributed by atoms with van der Waals surface area (Å²) < 4.78 is 0. The fraction of sp³-hybridized carbons (Fsp3) is 0.548. The molecule has 1 atom stereocenters. The van der Waals surface area contributed by atoms with E-state index in [4.69, 9.17) is 5.73 Å². The molecule has 0 aliphatic carbocycles. The van der Waals surface area contributed by atoms with Gasteiger partial charge in [0.05, 0.1) is 17.1 Å². The number of fused-ring (bicyclic) bond motifs is 1. The first kappa shape index (κ1) is 32.8. The maximum atomic E-state index is 12.8. The van der Waals surface area contributed by atoms with E-state index in [1.165, 1.54) is 4.88 Å². The lowest BCUT2D eigenvalue weighted by atomic mass is 9.97. The van der Waals surface area contributed by atoms with E-state index in [-0.39, 0.29) is 5.92 Å². The van der Waals surface area contributed by atoms with Gasteiger partial charge in [0.2, 0.25) is 5.91 Å². The predicted octanol–water partition coefficient (Wildman–Crippen LogP) is 5.72. The van der Waals surface area contributed by atoms with Crippen molar-refractivity contribution in [2.75, 3.05) is 39.0 Å². The predicted molar refractivity (Wildman–Crippen MR) is 170 cm³/mol. The number of amidine groups is 1. The lowest BCUT2D eigenvalue weighted by molar-refractivity contribution is -0.137. The van der Waals surface area contributed by atoms with Gasteiger partial charge in [-0.25, -0.2) is 0 Å². The van der Waals surface area contributed by atoms with Gasteiger partial charge in [-0.3, -0.25) is 9.79 Å². The summed E-state index contributed by atoms with van der Waals surface area (Å²) in [5.74, 6) is 3.72. The average molecular weight is 566 g/mol. The van der Waals surface area contributed by atoms with E-state index >= 15 is 0 Å². The molecule has 1 aromatic carbocycles. The lowest BCUT2D eigenvalue weighted by Gasteiger charge is -2.38. The number of amides is 1. The molecule has 0 spiro atoms. The van der Waals surface area contributed by atoms with Crippen LogP contribution in [0.15, 0.2) is 35.3 Å². The van der Waals surface area contributed by atoms with E-state index < -0.39 is 0 Å². The molecule has 1 amide bonds. The number of nitrogens with two attached hydrogens (primary N) is 1. The molecular formula is C31H47N7OS. The van der Waals surface area contributed by atoms with Gasteiger partial charge >= 0.3 is 0 Å². The minimum Gasteiger partial charge on any atom is -0.390 e. The Kier molecular flexibility index (Phi) is 14.2. The summed E-state index contributed by atoms with van der Waals surface area (Å²) in [6.45, 7) is 14.1. The number of rotatable bonds is 8. The molecule has 0 saturated carbocycles. The maximum absolute atomic E-state index is 12.8. The number of aliphatic imine (C=N–C) groups is 1. The number of aromatic nitrogens is 3. The van der Waals surface area contributed by atoms with Gasteiger partial charge in [0.15, 0.2) is 0 Å². The average Bonchev–Trinajstić information content (AvgIpc) is 3.58. The van der Waals surface area contributed by atoms with Gasteiger partial charge in [-0.15, -0.1) is 23.7 Å². The quantitative estimate of drug-likeness (QED) is 0.214. The van der Waals surface area contributed by atoms with E-state index in [1.807, 2.05) is 43.1 Å². The molecule has 0 radical (unpaired) electrons. The van der Waals surface area contributed by atoms with Crippen LogP contribution in [0.5, 0.6) is 0 Å². The molecule has 1 aliphatic heterocycles. The number of nitrogens with zero attached hydrogens (tertiary/aromatic N) is 6. The normalized spacial score (nSPS) is 14.1. The zero-order chi connectivity index (χ0) is 29.5. The number of anilines is 1. The molecule has 40 heavy (non-hydrogen) atoms. The summed E-state index contributed by atoms with van der Waals surface area (Å²) in [4.78, 5) is 24.6. The minimum atomic E-state index is 0.181. The molecule has 8 nitrogen and oxygen atoms in total. The highest BCUT2D eigenvalue weighted by atomic mass is 32.1. The Bertz CT molecular complexity index is 1220. The molecule has 3 heterocycles. The van der Waals surface area contributed by atoms with Crippen LogP contribution >= 0.6 is 11.3 Å². The Morgan fingerprint density at radius 2 is 1.68 bits per heavy atom. The number of benzene rings is 1. The van der Waals surface area contributed by atoms with Crippen molar-refractivity contribution in [3.8, 4) is 12.3 Å². The zero-order valence-corrected chi connectivity index (χ0v) is 26.0. The van der Waals surface area contributed by atoms with Crippen LogP contribution in [0, 0.1) is 18.3 Å². The van der Waals surface area contributed by atoms with Crippen molar-refractivity contribution in [3.05, 3.63) is 40.8 Å². The van der Waals surface area contributed by atoms with Crippen LogP contribution in [0.4, 0.5) is 5.00 Å².